The minimum absolute atomic E-state index is 0.0393. The normalized spacial score (nSPS) is 11.1. The fourth-order valence-electron chi connectivity index (χ4n) is 3.69. The van der Waals surface area contributed by atoms with Crippen molar-refractivity contribution in [3.05, 3.63) is 105 Å². The van der Waals surface area contributed by atoms with Crippen LogP contribution in [0.15, 0.2) is 93.4 Å². The zero-order chi connectivity index (χ0) is 25.5. The number of hydrogen-bond acceptors (Lipinski definition) is 4. The van der Waals surface area contributed by atoms with Crippen molar-refractivity contribution in [3.63, 3.8) is 0 Å². The Kier molecular flexibility index (Phi) is 8.42. The van der Waals surface area contributed by atoms with Gasteiger partial charge in [-0.1, -0.05) is 80.4 Å². The summed E-state index contributed by atoms with van der Waals surface area (Å²) >= 11 is 6.93. The summed E-state index contributed by atoms with van der Waals surface area (Å²) in [4.78, 5) is 12.7. The number of nitrogens with one attached hydrogen (secondary N) is 1. The third kappa shape index (κ3) is 6.14. The highest BCUT2D eigenvalue weighted by atomic mass is 79.9. The predicted octanol–water partition coefficient (Wildman–Crippen LogP) is 7.89. The maximum atomic E-state index is 12.7. The van der Waals surface area contributed by atoms with Crippen molar-refractivity contribution in [2.75, 3.05) is 11.9 Å². The van der Waals surface area contributed by atoms with Crippen molar-refractivity contribution in [1.29, 1.82) is 5.26 Å². The predicted molar refractivity (Wildman–Crippen MR) is 150 cm³/mol. The summed E-state index contributed by atoms with van der Waals surface area (Å²) in [6, 6.07) is 27.0. The minimum atomic E-state index is -0.503. The van der Waals surface area contributed by atoms with Crippen LogP contribution < -0.4 is 14.8 Å². The molecular formula is C29H22Br2N2O3. The Balaban J connectivity index is 1.59. The van der Waals surface area contributed by atoms with Gasteiger partial charge in [0.05, 0.1) is 6.61 Å². The first-order valence-corrected chi connectivity index (χ1v) is 12.8. The largest absolute Gasteiger partial charge is 0.490 e. The lowest BCUT2D eigenvalue weighted by atomic mass is 10.1. The number of carbonyl (C=O) groups excluding carboxylic acids is 1. The van der Waals surface area contributed by atoms with Crippen LogP contribution in [0.1, 0.15) is 18.1 Å². The highest BCUT2D eigenvalue weighted by Crippen LogP contribution is 2.36. The number of hydrogen-bond donors (Lipinski definition) is 1. The van der Waals surface area contributed by atoms with E-state index in [4.69, 9.17) is 9.47 Å². The number of rotatable bonds is 8. The highest BCUT2D eigenvalue weighted by molar-refractivity contribution is 9.10. The molecule has 0 saturated heterocycles. The second kappa shape index (κ2) is 11.9. The van der Waals surface area contributed by atoms with Crippen LogP contribution in [-0.2, 0) is 11.4 Å². The van der Waals surface area contributed by atoms with Gasteiger partial charge in [0.2, 0.25) is 0 Å². The Morgan fingerprint density at radius 2 is 1.72 bits per heavy atom. The molecule has 4 aromatic rings. The zero-order valence-corrected chi connectivity index (χ0v) is 22.6. The first kappa shape index (κ1) is 25.5. The van der Waals surface area contributed by atoms with Gasteiger partial charge >= 0.3 is 0 Å². The van der Waals surface area contributed by atoms with E-state index in [1.807, 2.05) is 43.3 Å². The van der Waals surface area contributed by atoms with Gasteiger partial charge in [-0.25, -0.2) is 0 Å². The number of ether oxygens (including phenoxy) is 2. The standard InChI is InChI=1S/C29H22Br2N2O3/c1-2-35-27-14-21(13-22(17-32)29(34)33-24-11-6-10-23(30)15-24)26(31)16-28(27)36-18-20-9-5-8-19-7-3-4-12-25(19)20/h3-16H,2,18H2,1H3,(H,33,34)/b22-13-. The summed E-state index contributed by atoms with van der Waals surface area (Å²) in [6.45, 7) is 2.68. The summed E-state index contributed by atoms with van der Waals surface area (Å²) in [7, 11) is 0. The van der Waals surface area contributed by atoms with Gasteiger partial charge in [-0.05, 0) is 65.2 Å². The van der Waals surface area contributed by atoms with Crippen LogP contribution in [0.4, 0.5) is 5.69 Å². The number of nitrogens with zero attached hydrogens (tertiary/aromatic N) is 1. The quantitative estimate of drug-likeness (QED) is 0.164. The molecular weight excluding hydrogens is 584 g/mol. The summed E-state index contributed by atoms with van der Waals surface area (Å²) in [5.41, 5.74) is 2.23. The number of benzene rings is 4. The van der Waals surface area contributed by atoms with Crippen molar-refractivity contribution in [2.45, 2.75) is 13.5 Å². The van der Waals surface area contributed by atoms with Crippen LogP contribution in [-0.4, -0.2) is 12.5 Å². The van der Waals surface area contributed by atoms with E-state index in [-0.39, 0.29) is 5.57 Å². The zero-order valence-electron chi connectivity index (χ0n) is 19.4. The van der Waals surface area contributed by atoms with Gasteiger partial charge in [-0.2, -0.15) is 5.26 Å². The number of fused-ring (bicyclic) bond motifs is 1. The van der Waals surface area contributed by atoms with Crippen molar-refractivity contribution >= 4 is 60.3 Å². The van der Waals surface area contributed by atoms with Gasteiger partial charge in [0.25, 0.3) is 5.91 Å². The molecule has 0 unspecified atom stereocenters. The molecule has 4 aromatic carbocycles. The lowest BCUT2D eigenvalue weighted by molar-refractivity contribution is -0.112. The molecule has 0 fully saturated rings. The molecule has 0 bridgehead atoms. The number of halogens is 2. The number of carbonyl (C=O) groups is 1. The Hall–Kier alpha value is -3.60. The smallest absolute Gasteiger partial charge is 0.266 e. The third-order valence-electron chi connectivity index (χ3n) is 5.37. The molecule has 0 aromatic heterocycles. The van der Waals surface area contributed by atoms with E-state index in [9.17, 15) is 10.1 Å². The molecule has 0 aliphatic carbocycles. The Morgan fingerprint density at radius 3 is 2.50 bits per heavy atom. The van der Waals surface area contributed by atoms with Crippen molar-refractivity contribution in [3.8, 4) is 17.6 Å². The van der Waals surface area contributed by atoms with Gasteiger partial charge in [-0.15, -0.1) is 0 Å². The van der Waals surface area contributed by atoms with Crippen LogP contribution in [0.3, 0.4) is 0 Å². The SMILES string of the molecule is CCOc1cc(/C=C(/C#N)C(=O)Nc2cccc(Br)c2)c(Br)cc1OCc1cccc2ccccc12. The molecule has 0 atom stereocenters. The summed E-state index contributed by atoms with van der Waals surface area (Å²) in [5.74, 6) is 0.583. The maximum Gasteiger partial charge on any atom is 0.266 e. The molecule has 180 valence electrons. The van der Waals surface area contributed by atoms with Gasteiger partial charge in [0.15, 0.2) is 11.5 Å². The monoisotopic (exact) mass is 604 g/mol. The van der Waals surface area contributed by atoms with Gasteiger partial charge < -0.3 is 14.8 Å². The van der Waals surface area contributed by atoms with Crippen LogP contribution >= 0.6 is 31.9 Å². The molecule has 5 nitrogen and oxygen atoms in total. The fourth-order valence-corrected chi connectivity index (χ4v) is 4.52. The van der Waals surface area contributed by atoms with Crippen LogP contribution in [0, 0.1) is 11.3 Å². The Morgan fingerprint density at radius 1 is 0.972 bits per heavy atom. The summed E-state index contributed by atoms with van der Waals surface area (Å²) < 4.78 is 13.5. The average molecular weight is 606 g/mol. The van der Waals surface area contributed by atoms with Gasteiger partial charge in [0.1, 0.15) is 18.2 Å². The van der Waals surface area contributed by atoms with Gasteiger partial charge in [0, 0.05) is 14.6 Å². The van der Waals surface area contributed by atoms with Gasteiger partial charge in [-0.3, -0.25) is 4.79 Å². The molecule has 0 aliphatic heterocycles. The molecule has 0 aliphatic rings. The van der Waals surface area contributed by atoms with E-state index in [1.54, 1.807) is 30.3 Å². The average Bonchev–Trinajstić information content (AvgIpc) is 2.87. The van der Waals surface area contributed by atoms with Crippen LogP contribution in [0.25, 0.3) is 16.8 Å². The highest BCUT2D eigenvalue weighted by Gasteiger charge is 2.15. The molecule has 7 heteroatoms. The number of anilines is 1. The van der Waals surface area contributed by atoms with Crippen LogP contribution in [0.5, 0.6) is 11.5 Å². The number of nitriles is 1. The van der Waals surface area contributed by atoms with E-state index in [0.29, 0.717) is 40.4 Å². The molecule has 1 N–H and O–H groups in total. The fraction of sp³-hybridized carbons (Fsp3) is 0.103. The summed E-state index contributed by atoms with van der Waals surface area (Å²) in [6.07, 6.45) is 1.52. The van der Waals surface area contributed by atoms with E-state index in [0.717, 1.165) is 20.8 Å². The molecule has 4 rings (SSSR count). The minimum Gasteiger partial charge on any atom is -0.490 e. The Bertz CT molecular complexity index is 1490. The lowest BCUT2D eigenvalue weighted by Crippen LogP contribution is -2.13. The van der Waals surface area contributed by atoms with Crippen LogP contribution in [0.2, 0.25) is 0 Å². The second-order valence-corrected chi connectivity index (χ2v) is 9.58. The first-order chi connectivity index (χ1) is 17.5. The summed E-state index contributed by atoms with van der Waals surface area (Å²) in [5, 5.41) is 14.7. The molecule has 0 spiro atoms. The Labute approximate surface area is 226 Å². The maximum absolute atomic E-state index is 12.7. The molecule has 1 amide bonds. The number of amides is 1. The van der Waals surface area contributed by atoms with E-state index >= 15 is 0 Å². The van der Waals surface area contributed by atoms with Crippen molar-refractivity contribution in [1.82, 2.24) is 0 Å². The molecule has 0 radical (unpaired) electrons. The van der Waals surface area contributed by atoms with E-state index < -0.39 is 5.91 Å². The lowest BCUT2D eigenvalue weighted by Gasteiger charge is -2.15. The molecule has 0 saturated carbocycles. The third-order valence-corrected chi connectivity index (χ3v) is 6.55. The first-order valence-electron chi connectivity index (χ1n) is 11.2. The topological polar surface area (TPSA) is 71.3 Å². The van der Waals surface area contributed by atoms with Crippen molar-refractivity contribution in [2.24, 2.45) is 0 Å². The van der Waals surface area contributed by atoms with E-state index in [2.05, 4.69) is 55.4 Å². The second-order valence-electron chi connectivity index (χ2n) is 7.81. The molecule has 36 heavy (non-hydrogen) atoms. The van der Waals surface area contributed by atoms with E-state index in [1.165, 1.54) is 6.08 Å². The molecule has 0 heterocycles. The van der Waals surface area contributed by atoms with Crippen molar-refractivity contribution < 1.29 is 14.3 Å².